The van der Waals surface area contributed by atoms with Crippen LogP contribution in [-0.4, -0.2) is 39.5 Å². The molecule has 0 unspecified atom stereocenters. The van der Waals surface area contributed by atoms with E-state index in [0.717, 1.165) is 5.56 Å². The molecule has 11 heteroatoms. The van der Waals surface area contributed by atoms with E-state index in [9.17, 15) is 9.59 Å². The van der Waals surface area contributed by atoms with Crippen LogP contribution >= 0.6 is 11.6 Å². The summed E-state index contributed by atoms with van der Waals surface area (Å²) in [5, 5.41) is 4.75. The van der Waals surface area contributed by atoms with Crippen LogP contribution in [0.2, 0.25) is 0 Å². The molecular weight excluding hydrogens is 412 g/mol. The van der Waals surface area contributed by atoms with Gasteiger partial charge in [-0.2, -0.15) is 10.1 Å². The van der Waals surface area contributed by atoms with Crippen LogP contribution in [0.1, 0.15) is 12.5 Å². The summed E-state index contributed by atoms with van der Waals surface area (Å²) in [4.78, 5) is 30.9. The van der Waals surface area contributed by atoms with Crippen LogP contribution < -0.4 is 26.1 Å². The Morgan fingerprint density at radius 1 is 1.30 bits per heavy atom. The van der Waals surface area contributed by atoms with Crippen LogP contribution in [0, 0.1) is 0 Å². The number of rotatable bonds is 7. The number of hydrogen-bond acceptors (Lipinski definition) is 7. The lowest BCUT2D eigenvalue weighted by atomic mass is 10.2. The average molecular weight is 433 g/mol. The average Bonchev–Trinajstić information content (AvgIpc) is 3.09. The van der Waals surface area contributed by atoms with Gasteiger partial charge in [-0.15, -0.1) is 0 Å². The molecule has 3 aromatic rings. The van der Waals surface area contributed by atoms with Gasteiger partial charge >= 0.3 is 5.69 Å². The van der Waals surface area contributed by atoms with Crippen LogP contribution in [-0.2, 0) is 13.6 Å². The van der Waals surface area contributed by atoms with E-state index in [2.05, 4.69) is 20.5 Å². The van der Waals surface area contributed by atoms with Gasteiger partial charge in [0.25, 0.3) is 5.56 Å². The number of halogens is 1. The molecule has 0 saturated heterocycles. The van der Waals surface area contributed by atoms with Crippen molar-refractivity contribution in [2.24, 2.45) is 12.1 Å². The van der Waals surface area contributed by atoms with Crippen molar-refractivity contribution in [2.45, 2.75) is 13.5 Å². The largest absolute Gasteiger partial charge is 0.493 e. The van der Waals surface area contributed by atoms with E-state index in [1.807, 2.05) is 6.07 Å². The number of aryl methyl sites for hydroxylation is 1. The van der Waals surface area contributed by atoms with Crippen LogP contribution in [0.15, 0.2) is 44.0 Å². The van der Waals surface area contributed by atoms with Gasteiger partial charge < -0.3 is 9.47 Å². The Morgan fingerprint density at radius 2 is 2.03 bits per heavy atom. The summed E-state index contributed by atoms with van der Waals surface area (Å²) >= 11 is 5.95. The highest BCUT2D eigenvalue weighted by Gasteiger charge is 2.16. The maximum absolute atomic E-state index is 12.4. The smallest absolute Gasteiger partial charge is 0.329 e. The fraction of sp³-hybridized carbons (Fsp3) is 0.263. The van der Waals surface area contributed by atoms with Crippen molar-refractivity contribution >= 4 is 34.9 Å². The minimum absolute atomic E-state index is 0.230. The highest BCUT2D eigenvalue weighted by molar-refractivity contribution is 6.29. The Balaban J connectivity index is 2.00. The summed E-state index contributed by atoms with van der Waals surface area (Å²) in [6, 6.07) is 5.34. The Labute approximate surface area is 176 Å². The van der Waals surface area contributed by atoms with E-state index in [0.29, 0.717) is 16.5 Å². The Hall–Kier alpha value is -3.53. The van der Waals surface area contributed by atoms with E-state index >= 15 is 0 Å². The summed E-state index contributed by atoms with van der Waals surface area (Å²) in [7, 11) is 4.63. The standard InChI is InChI=1S/C19H21ClN6O4/c1-11(20)7-8-26-15-16(25(2)19(28)23-17(15)27)22-18(26)24-21-10-12-5-6-13(29-3)14(9-12)30-4/h5-7,9-10H,8H2,1-4H3,(H,22,24)(H,23,27,28)/b11-7-,21-10-. The normalized spacial score (nSPS) is 12.0. The zero-order chi connectivity index (χ0) is 21.8. The number of nitrogens with zero attached hydrogens (tertiary/aromatic N) is 4. The second-order valence-corrected chi connectivity index (χ2v) is 6.91. The number of imidazole rings is 1. The molecule has 1 aromatic carbocycles. The molecule has 158 valence electrons. The van der Waals surface area contributed by atoms with Gasteiger partial charge in [-0.1, -0.05) is 17.7 Å². The molecule has 2 heterocycles. The number of fused-ring (bicyclic) bond motifs is 1. The molecule has 2 N–H and O–H groups in total. The van der Waals surface area contributed by atoms with Gasteiger partial charge in [-0.05, 0) is 30.7 Å². The van der Waals surface area contributed by atoms with Crippen molar-refractivity contribution in [2.75, 3.05) is 19.6 Å². The summed E-state index contributed by atoms with van der Waals surface area (Å²) in [5.41, 5.74) is 2.94. The molecule has 0 aliphatic carbocycles. The SMILES string of the molecule is COc1ccc(/C=N\Nc2nc3c(c(=O)[nH]c(=O)n3C)n2C/C=C(/C)Cl)cc1OC. The first-order valence-corrected chi connectivity index (χ1v) is 9.26. The zero-order valence-corrected chi connectivity index (χ0v) is 17.6. The fourth-order valence-electron chi connectivity index (χ4n) is 2.81. The minimum Gasteiger partial charge on any atom is -0.493 e. The maximum atomic E-state index is 12.4. The predicted octanol–water partition coefficient (Wildman–Crippen LogP) is 2.03. The zero-order valence-electron chi connectivity index (χ0n) is 16.9. The van der Waals surface area contributed by atoms with Gasteiger partial charge in [0.15, 0.2) is 22.7 Å². The molecule has 0 spiro atoms. The van der Waals surface area contributed by atoms with Gasteiger partial charge in [-0.25, -0.2) is 10.2 Å². The maximum Gasteiger partial charge on any atom is 0.329 e. The van der Waals surface area contributed by atoms with E-state index in [1.54, 1.807) is 50.1 Å². The van der Waals surface area contributed by atoms with Crippen LogP contribution in [0.4, 0.5) is 5.95 Å². The number of nitrogens with one attached hydrogen (secondary N) is 2. The molecule has 2 aromatic heterocycles. The van der Waals surface area contributed by atoms with E-state index in [-0.39, 0.29) is 23.7 Å². The third-order valence-corrected chi connectivity index (χ3v) is 4.50. The molecule has 0 atom stereocenters. The first kappa shape index (κ1) is 21.2. The molecule has 0 aliphatic rings. The number of hydrazone groups is 1. The number of aromatic amines is 1. The number of hydrogen-bond donors (Lipinski definition) is 2. The summed E-state index contributed by atoms with van der Waals surface area (Å²) in [6.45, 7) is 1.99. The highest BCUT2D eigenvalue weighted by Crippen LogP contribution is 2.27. The Morgan fingerprint density at radius 3 is 2.70 bits per heavy atom. The molecule has 0 radical (unpaired) electrons. The molecule has 0 fully saturated rings. The predicted molar refractivity (Wildman–Crippen MR) is 116 cm³/mol. The number of H-pyrrole nitrogens is 1. The first-order valence-electron chi connectivity index (χ1n) is 8.88. The highest BCUT2D eigenvalue weighted by atomic mass is 35.5. The number of aromatic nitrogens is 4. The van der Waals surface area contributed by atoms with Crippen LogP contribution in [0.5, 0.6) is 11.5 Å². The summed E-state index contributed by atoms with van der Waals surface area (Å²) < 4.78 is 13.3. The quantitative estimate of drug-likeness (QED) is 0.436. The van der Waals surface area contributed by atoms with Gasteiger partial charge in [0.05, 0.1) is 20.4 Å². The molecule has 0 aliphatic heterocycles. The fourth-order valence-corrected chi connectivity index (χ4v) is 2.88. The van der Waals surface area contributed by atoms with Gasteiger partial charge in [0.2, 0.25) is 5.95 Å². The second-order valence-electron chi connectivity index (χ2n) is 6.31. The molecule has 3 rings (SSSR count). The molecule has 0 saturated carbocycles. The van der Waals surface area contributed by atoms with Crippen molar-refractivity contribution in [3.63, 3.8) is 0 Å². The monoisotopic (exact) mass is 432 g/mol. The van der Waals surface area contributed by atoms with Crippen molar-refractivity contribution in [1.82, 2.24) is 19.1 Å². The van der Waals surface area contributed by atoms with E-state index in [4.69, 9.17) is 21.1 Å². The number of methoxy groups -OCH3 is 2. The lowest BCUT2D eigenvalue weighted by Crippen LogP contribution is -2.29. The van der Waals surface area contributed by atoms with Crippen molar-refractivity contribution < 1.29 is 9.47 Å². The van der Waals surface area contributed by atoms with E-state index < -0.39 is 11.2 Å². The number of anilines is 1. The third kappa shape index (κ3) is 4.23. The minimum atomic E-state index is -0.554. The van der Waals surface area contributed by atoms with Gasteiger partial charge in [-0.3, -0.25) is 18.9 Å². The topological polar surface area (TPSA) is 116 Å². The number of benzene rings is 1. The first-order chi connectivity index (χ1) is 14.3. The Kier molecular flexibility index (Phi) is 6.26. The molecule has 0 bridgehead atoms. The van der Waals surface area contributed by atoms with Crippen molar-refractivity contribution in [1.29, 1.82) is 0 Å². The Bertz CT molecular complexity index is 1250. The number of ether oxygens (including phenoxy) is 2. The van der Waals surface area contributed by atoms with Crippen LogP contribution in [0.3, 0.4) is 0 Å². The summed E-state index contributed by atoms with van der Waals surface area (Å²) in [5.74, 6) is 1.45. The van der Waals surface area contributed by atoms with Crippen molar-refractivity contribution in [3.05, 3.63) is 55.7 Å². The van der Waals surface area contributed by atoms with Gasteiger partial charge in [0, 0.05) is 18.6 Å². The molecule has 0 amide bonds. The van der Waals surface area contributed by atoms with Crippen LogP contribution in [0.25, 0.3) is 11.2 Å². The lowest BCUT2D eigenvalue weighted by Gasteiger charge is -2.07. The molecule has 10 nitrogen and oxygen atoms in total. The second kappa shape index (κ2) is 8.87. The van der Waals surface area contributed by atoms with Crippen molar-refractivity contribution in [3.8, 4) is 11.5 Å². The van der Waals surface area contributed by atoms with E-state index in [1.165, 1.54) is 11.6 Å². The molecular formula is C19H21ClN6O4. The third-order valence-electron chi connectivity index (χ3n) is 4.35. The molecule has 30 heavy (non-hydrogen) atoms. The summed E-state index contributed by atoms with van der Waals surface area (Å²) in [6.07, 6.45) is 3.29. The number of allylic oxidation sites excluding steroid dienone is 2. The van der Waals surface area contributed by atoms with Gasteiger partial charge in [0.1, 0.15) is 0 Å². The lowest BCUT2D eigenvalue weighted by molar-refractivity contribution is 0.355.